The molecule has 6 unspecified atom stereocenters. The second-order valence-electron chi connectivity index (χ2n) is 13.2. The third-order valence-corrected chi connectivity index (χ3v) is 10.5. The van der Waals surface area contributed by atoms with E-state index >= 15 is 0 Å². The van der Waals surface area contributed by atoms with Gasteiger partial charge in [0.1, 0.15) is 17.3 Å². The molecule has 6 atom stereocenters. The van der Waals surface area contributed by atoms with E-state index in [4.69, 9.17) is 77.8 Å². The first-order valence-electron chi connectivity index (χ1n) is 19.9. The maximum absolute atomic E-state index is 9.83. The van der Waals surface area contributed by atoms with Crippen molar-refractivity contribution >= 4 is 147 Å². The van der Waals surface area contributed by atoms with Crippen molar-refractivity contribution in [1.82, 2.24) is 0 Å². The van der Waals surface area contributed by atoms with Crippen molar-refractivity contribution in [1.29, 1.82) is 0 Å². The van der Waals surface area contributed by atoms with E-state index in [1.54, 1.807) is 0 Å². The van der Waals surface area contributed by atoms with Crippen molar-refractivity contribution in [2.45, 2.75) is 60.8 Å². The zero-order valence-corrected chi connectivity index (χ0v) is 63.7. The van der Waals surface area contributed by atoms with Gasteiger partial charge in [-0.1, -0.05) is 63.2 Å². The molecule has 0 saturated heterocycles. The van der Waals surface area contributed by atoms with Crippen LogP contribution in [0.5, 0.6) is 0 Å². The summed E-state index contributed by atoms with van der Waals surface area (Å²) in [4.78, 5) is 57.9. The number of Topliss-reactive ketones (excluding diaryl/α,β-unsaturated/α-hetero) is 3. The van der Waals surface area contributed by atoms with E-state index in [9.17, 15) is 44.1 Å². The van der Waals surface area contributed by atoms with Gasteiger partial charge in [0.2, 0.25) is 0 Å². The Bertz CT molecular complexity index is 1870. The number of rotatable bonds is 12. The van der Waals surface area contributed by atoms with Crippen LogP contribution in [-0.4, -0.2) is 208 Å². The predicted octanol–water partition coefficient (Wildman–Crippen LogP) is -2.48. The Hall–Kier alpha value is 0.0101. The summed E-state index contributed by atoms with van der Waals surface area (Å²) in [6, 6.07) is 0. The molecular weight excluding hydrogens is 1590 g/mol. The Morgan fingerprint density at radius 1 is 0.383 bits per heavy atom. The van der Waals surface area contributed by atoms with Crippen LogP contribution in [0, 0.1) is 57.0 Å². The molecule has 0 fully saturated rings. The van der Waals surface area contributed by atoms with E-state index in [-0.39, 0.29) is 99.5 Å². The minimum Gasteiger partial charge on any atom is -0.748 e. The molecule has 0 aromatic heterocycles. The third-order valence-electron chi connectivity index (χ3n) is 4.27. The third kappa shape index (κ3) is 845. The topological polar surface area (TPSA) is 515 Å². The van der Waals surface area contributed by atoms with E-state index in [2.05, 4.69) is 126 Å². The molecule has 0 N–H and O–H groups in total. The van der Waals surface area contributed by atoms with Crippen molar-refractivity contribution < 1.29 is 180 Å². The van der Waals surface area contributed by atoms with Gasteiger partial charge >= 0.3 is 58.4 Å². The average molecular weight is 1670 g/mol. The molecule has 0 saturated carbocycles. The van der Waals surface area contributed by atoms with Crippen LogP contribution < -0.4 is 15.3 Å². The number of ketones is 3. The molecule has 81 heavy (non-hydrogen) atoms. The van der Waals surface area contributed by atoms with E-state index < -0.39 is 97.9 Å². The van der Waals surface area contributed by atoms with Gasteiger partial charge in [-0.05, 0) is 65.3 Å². The van der Waals surface area contributed by atoms with Crippen LogP contribution in [0.3, 0.4) is 0 Å². The van der Waals surface area contributed by atoms with Crippen molar-refractivity contribution in [3.63, 3.8) is 0 Å². The summed E-state index contributed by atoms with van der Waals surface area (Å²) in [5.74, 6) is -5.06. The minimum absolute atomic E-state index is 0. The zero-order chi connectivity index (χ0) is 67.7. The summed E-state index contributed by atoms with van der Waals surface area (Å²) in [6.45, 7) is 28.7. The zero-order valence-electron chi connectivity index (χ0n) is 47.4. The van der Waals surface area contributed by atoms with Gasteiger partial charge in [0, 0.05) is 94.7 Å². The van der Waals surface area contributed by atoms with Crippen molar-refractivity contribution in [2.24, 2.45) is 0 Å². The number of aliphatic carboxylic acids is 3. The molecule has 42 heteroatoms. The Balaban J connectivity index is -0.0000000329. The molecule has 0 heterocycles. The largest absolute Gasteiger partial charge is 2.00 e. The van der Waals surface area contributed by atoms with Crippen molar-refractivity contribution in [3.8, 4) is 36.3 Å². The molecule has 0 aliphatic heterocycles. The molecule has 0 spiro atoms. The fourth-order valence-corrected chi connectivity index (χ4v) is 2.20. The van der Waals surface area contributed by atoms with E-state index in [1.807, 2.05) is 0 Å². The summed E-state index contributed by atoms with van der Waals surface area (Å²) >= 11 is 0. The SMILES string of the molecule is C#CP.C#CP.C#CP.CC(=O)CC(=O)[O-].CC(=O)CC(=O)[O-].CC(=O)CC(=O)[O-].CS(=O)(=O)[O-].CS(=O)(=O)[O-].CS(=O)(=O)[O-].CS(=O)(=O)[O-].CS(=O)(=O)[O-].CS(=O)(=O)[O-].[CH2-]C[PH+](C)CC.[CH2-]C[PH+](C)CC.[CH2-]C[PH+](C)CC.[Rh+2].[Rh+2].[Rh+2]. The second kappa shape index (κ2) is 88.8. The second-order valence-corrected chi connectivity index (χ2v) is 32.0. The molecular formula is C39H81O27P6Rh3S6-3. The van der Waals surface area contributed by atoms with Gasteiger partial charge in [0.25, 0.3) is 0 Å². The fourth-order valence-electron chi connectivity index (χ4n) is 1.14. The van der Waals surface area contributed by atoms with Crippen LogP contribution in [0.25, 0.3) is 0 Å². The summed E-state index contributed by atoms with van der Waals surface area (Å²) in [5, 5.41) is 28.4. The number of carbonyl (C=O) groups is 6. The fraction of sp³-hybridized carbons (Fsp3) is 0.615. The van der Waals surface area contributed by atoms with E-state index in [0.29, 0.717) is 37.5 Å². The van der Waals surface area contributed by atoms with Gasteiger partial charge in [-0.25, -0.2) is 50.5 Å². The number of carbonyl (C=O) groups excluding carboxylic acids is 6. The number of carboxylic acid groups (broad SMARTS) is 3. The first kappa shape index (κ1) is 131. The Morgan fingerprint density at radius 2 is 0.457 bits per heavy atom. The molecule has 0 amide bonds. The van der Waals surface area contributed by atoms with E-state index in [0.717, 1.165) is 0 Å². The summed E-state index contributed by atoms with van der Waals surface area (Å²) < 4.78 is 163. The Kier molecular flexibility index (Phi) is 143. The maximum Gasteiger partial charge on any atom is 2.00 e. The molecule has 0 rings (SSSR count). The molecule has 0 aromatic rings. The minimum atomic E-state index is -3.92. The van der Waals surface area contributed by atoms with Gasteiger partial charge < -0.3 is 77.8 Å². The monoisotopic (exact) mass is 1670 g/mol. The first-order chi connectivity index (χ1) is 34.0. The number of terminal acetylenes is 3. The van der Waals surface area contributed by atoms with Crippen LogP contribution in [0.15, 0.2) is 0 Å². The maximum atomic E-state index is 9.83. The van der Waals surface area contributed by atoms with Crippen molar-refractivity contribution in [2.75, 3.05) is 94.5 Å². The Labute approximate surface area is 535 Å². The molecule has 0 aliphatic carbocycles. The van der Waals surface area contributed by atoms with Crippen LogP contribution in [-0.2, 0) is 148 Å². The molecule has 27 nitrogen and oxygen atoms in total. The van der Waals surface area contributed by atoms with Crippen LogP contribution in [0.4, 0.5) is 0 Å². The Morgan fingerprint density at radius 3 is 0.457 bits per heavy atom. The first-order valence-corrected chi connectivity index (χ1v) is 39.8. The predicted molar refractivity (Wildman–Crippen MR) is 315 cm³/mol. The van der Waals surface area contributed by atoms with Gasteiger partial charge in [-0.3, -0.25) is 14.4 Å². The smallest absolute Gasteiger partial charge is 0.748 e. The summed E-state index contributed by atoms with van der Waals surface area (Å²) in [6.07, 6.45) is 23.5. The standard InChI is InChI=1S/3C5H12P.3C4H6O3.3C2H3P.6CH4O3S.3Rh/c3*1-4-6(3)5-2;3*1-3(5)2-4(6)7;3*1-2-3;6*1-5(2,3)4;;;/h3*1,4-5H2,2-3H3;3*2H2,1H3,(H,6,7);3*1H,3H2;6*1H3,(H,2,3,4);;;/q3*-1;;;;;;;;;;;;;3*+2/p-6. The van der Waals surface area contributed by atoms with Gasteiger partial charge in [-0.2, -0.15) is 0 Å². The quantitative estimate of drug-likeness (QED) is 0.0487. The number of hydrogen-bond acceptors (Lipinski definition) is 27. The van der Waals surface area contributed by atoms with E-state index in [1.165, 1.54) is 57.7 Å². The van der Waals surface area contributed by atoms with Gasteiger partial charge in [0.05, 0.1) is 79.2 Å². The van der Waals surface area contributed by atoms with Crippen molar-refractivity contribution in [3.05, 3.63) is 20.8 Å². The average Bonchev–Trinajstić information content (AvgIpc) is 3.13. The van der Waals surface area contributed by atoms with Gasteiger partial charge in [0.15, 0.2) is 0 Å². The molecule has 495 valence electrons. The van der Waals surface area contributed by atoms with Crippen LogP contribution in [0.1, 0.15) is 60.8 Å². The number of carboxylic acids is 3. The summed E-state index contributed by atoms with van der Waals surface area (Å²) in [5.41, 5.74) is 6.50. The molecule has 0 aliphatic rings. The molecule has 3 radical (unpaired) electrons. The number of hydrogen-bond donors (Lipinski definition) is 0. The normalized spacial score (nSPS) is 9.93. The molecule has 0 aromatic carbocycles. The summed E-state index contributed by atoms with van der Waals surface area (Å²) in [7, 11) is -17.1. The van der Waals surface area contributed by atoms with Crippen LogP contribution in [0.2, 0.25) is 0 Å². The molecule has 0 bridgehead atoms. The van der Waals surface area contributed by atoms with Gasteiger partial charge in [-0.15, -0.1) is 19.3 Å². The van der Waals surface area contributed by atoms with Crippen LogP contribution >= 0.6 is 51.5 Å².